The van der Waals surface area contributed by atoms with Crippen molar-refractivity contribution in [3.8, 4) is 0 Å². The Morgan fingerprint density at radius 2 is 1.89 bits per heavy atom. The van der Waals surface area contributed by atoms with Gasteiger partial charge in [0.2, 0.25) is 0 Å². The van der Waals surface area contributed by atoms with Crippen molar-refractivity contribution in [3.05, 3.63) is 30.3 Å². The molecular formula is C13H17N3O2. The molecule has 0 unspecified atom stereocenters. The first-order chi connectivity index (χ1) is 8.77. The van der Waals surface area contributed by atoms with Crippen molar-refractivity contribution in [2.45, 2.75) is 6.42 Å². The lowest BCUT2D eigenvalue weighted by Gasteiger charge is -2.19. The van der Waals surface area contributed by atoms with Crippen LogP contribution in [0.3, 0.4) is 0 Å². The van der Waals surface area contributed by atoms with Crippen LogP contribution in [0.15, 0.2) is 30.3 Å². The average molecular weight is 247 g/mol. The molecule has 0 radical (unpaired) electrons. The number of carbonyl (C=O) groups is 2. The molecule has 1 aliphatic rings. The van der Waals surface area contributed by atoms with E-state index in [0.29, 0.717) is 18.8 Å². The molecule has 2 amide bonds. The van der Waals surface area contributed by atoms with Gasteiger partial charge in [-0.2, -0.15) is 0 Å². The number of anilines is 1. The first kappa shape index (κ1) is 12.6. The second-order valence-electron chi connectivity index (χ2n) is 4.22. The van der Waals surface area contributed by atoms with Gasteiger partial charge >= 0.3 is 11.8 Å². The lowest BCUT2D eigenvalue weighted by Crippen LogP contribution is -2.41. The van der Waals surface area contributed by atoms with Crippen LogP contribution >= 0.6 is 0 Å². The van der Waals surface area contributed by atoms with Gasteiger partial charge in [0.1, 0.15) is 0 Å². The van der Waals surface area contributed by atoms with E-state index in [2.05, 4.69) is 10.6 Å². The molecule has 1 heterocycles. The molecule has 2 rings (SSSR count). The van der Waals surface area contributed by atoms with E-state index in [-0.39, 0.29) is 0 Å². The lowest BCUT2D eigenvalue weighted by molar-refractivity contribution is -0.143. The minimum absolute atomic E-state index is 0.456. The first-order valence-corrected chi connectivity index (χ1v) is 6.13. The third kappa shape index (κ3) is 3.30. The van der Waals surface area contributed by atoms with Gasteiger partial charge in [-0.1, -0.05) is 18.2 Å². The highest BCUT2D eigenvalue weighted by atomic mass is 16.2. The molecule has 0 spiro atoms. The number of hydrogen-bond donors (Lipinski definition) is 2. The van der Waals surface area contributed by atoms with E-state index in [4.69, 9.17) is 0 Å². The van der Waals surface area contributed by atoms with Crippen LogP contribution in [-0.4, -0.2) is 42.9 Å². The van der Waals surface area contributed by atoms with Gasteiger partial charge < -0.3 is 15.5 Å². The summed E-state index contributed by atoms with van der Waals surface area (Å²) in [4.78, 5) is 25.3. The smallest absolute Gasteiger partial charge is 0.313 e. The van der Waals surface area contributed by atoms with Crippen LogP contribution < -0.4 is 10.6 Å². The van der Waals surface area contributed by atoms with E-state index in [1.54, 1.807) is 17.0 Å². The molecule has 1 aliphatic heterocycles. The maximum Gasteiger partial charge on any atom is 0.313 e. The van der Waals surface area contributed by atoms with E-state index >= 15 is 0 Å². The van der Waals surface area contributed by atoms with Crippen LogP contribution in [0.1, 0.15) is 6.42 Å². The van der Waals surface area contributed by atoms with Crippen LogP contribution in [0.4, 0.5) is 5.69 Å². The van der Waals surface area contributed by atoms with E-state index in [1.165, 1.54) is 0 Å². The minimum Gasteiger partial charge on any atom is -0.333 e. The summed E-state index contributed by atoms with van der Waals surface area (Å²) in [5.74, 6) is -1.02. The van der Waals surface area contributed by atoms with E-state index in [1.807, 2.05) is 18.2 Å². The molecule has 0 aromatic heterocycles. The number of amides is 2. The molecular weight excluding hydrogens is 230 g/mol. The van der Waals surface area contributed by atoms with Crippen LogP contribution in [0.25, 0.3) is 0 Å². The Morgan fingerprint density at radius 3 is 2.67 bits per heavy atom. The molecule has 0 atom stereocenters. The second kappa shape index (κ2) is 6.16. The van der Waals surface area contributed by atoms with Crippen molar-refractivity contribution in [1.82, 2.24) is 10.2 Å². The summed E-state index contributed by atoms with van der Waals surface area (Å²) in [6.07, 6.45) is 0.879. The molecule has 1 aromatic carbocycles. The second-order valence-corrected chi connectivity index (χ2v) is 4.22. The maximum atomic E-state index is 11.9. The molecule has 1 aromatic rings. The molecule has 0 bridgehead atoms. The molecule has 96 valence electrons. The Labute approximate surface area is 106 Å². The fourth-order valence-corrected chi connectivity index (χ4v) is 1.90. The monoisotopic (exact) mass is 247 g/mol. The van der Waals surface area contributed by atoms with E-state index in [9.17, 15) is 9.59 Å². The largest absolute Gasteiger partial charge is 0.333 e. The van der Waals surface area contributed by atoms with Gasteiger partial charge in [-0.3, -0.25) is 9.59 Å². The average Bonchev–Trinajstić information content (AvgIpc) is 2.68. The Hall–Kier alpha value is -1.88. The van der Waals surface area contributed by atoms with Crippen molar-refractivity contribution in [1.29, 1.82) is 0 Å². The zero-order chi connectivity index (χ0) is 12.8. The quantitative estimate of drug-likeness (QED) is 0.708. The molecule has 5 heteroatoms. The molecule has 5 nitrogen and oxygen atoms in total. The summed E-state index contributed by atoms with van der Waals surface area (Å²) >= 11 is 0. The SMILES string of the molecule is O=C(Nc1ccccc1)C(=O)N1CCCNCC1. The normalized spacial score (nSPS) is 15.9. The zero-order valence-electron chi connectivity index (χ0n) is 10.2. The lowest BCUT2D eigenvalue weighted by atomic mass is 10.3. The topological polar surface area (TPSA) is 61.4 Å². The summed E-state index contributed by atoms with van der Waals surface area (Å²) in [7, 11) is 0. The Balaban J connectivity index is 1.93. The van der Waals surface area contributed by atoms with Gasteiger partial charge in [0.25, 0.3) is 0 Å². The minimum atomic E-state index is -0.567. The highest BCUT2D eigenvalue weighted by molar-refractivity contribution is 6.39. The first-order valence-electron chi connectivity index (χ1n) is 6.13. The van der Waals surface area contributed by atoms with Crippen molar-refractivity contribution >= 4 is 17.5 Å². The summed E-state index contributed by atoms with van der Waals surface area (Å²) in [5, 5.41) is 5.80. The molecule has 1 saturated heterocycles. The van der Waals surface area contributed by atoms with Gasteiger partial charge in [0, 0.05) is 25.3 Å². The third-order valence-corrected chi connectivity index (χ3v) is 2.85. The highest BCUT2D eigenvalue weighted by Crippen LogP contribution is 2.06. The number of carbonyl (C=O) groups excluding carboxylic acids is 2. The summed E-state index contributed by atoms with van der Waals surface area (Å²) in [6, 6.07) is 9.01. The van der Waals surface area contributed by atoms with Crippen LogP contribution in [0, 0.1) is 0 Å². The fraction of sp³-hybridized carbons (Fsp3) is 0.385. The number of nitrogens with zero attached hydrogens (tertiary/aromatic N) is 1. The van der Waals surface area contributed by atoms with Crippen LogP contribution in [0.5, 0.6) is 0 Å². The standard InChI is InChI=1S/C13H17N3O2/c17-12(15-11-5-2-1-3-6-11)13(18)16-9-4-7-14-8-10-16/h1-3,5-6,14H,4,7-10H2,(H,15,17). The summed E-state index contributed by atoms with van der Waals surface area (Å²) < 4.78 is 0. The Morgan fingerprint density at radius 1 is 1.11 bits per heavy atom. The number of para-hydroxylation sites is 1. The predicted octanol–water partition coefficient (Wildman–Crippen LogP) is 0.447. The molecule has 0 aliphatic carbocycles. The number of hydrogen-bond acceptors (Lipinski definition) is 3. The number of benzene rings is 1. The van der Waals surface area contributed by atoms with Gasteiger partial charge in [-0.05, 0) is 25.1 Å². The van der Waals surface area contributed by atoms with Gasteiger partial charge in [0.05, 0.1) is 0 Å². The molecule has 1 fully saturated rings. The van der Waals surface area contributed by atoms with Crippen molar-refractivity contribution in [2.24, 2.45) is 0 Å². The van der Waals surface area contributed by atoms with Crippen molar-refractivity contribution in [2.75, 3.05) is 31.5 Å². The van der Waals surface area contributed by atoms with Crippen molar-refractivity contribution in [3.63, 3.8) is 0 Å². The molecule has 2 N–H and O–H groups in total. The van der Waals surface area contributed by atoms with E-state index in [0.717, 1.165) is 19.5 Å². The van der Waals surface area contributed by atoms with Gasteiger partial charge in [-0.15, -0.1) is 0 Å². The highest BCUT2D eigenvalue weighted by Gasteiger charge is 2.22. The van der Waals surface area contributed by atoms with Crippen molar-refractivity contribution < 1.29 is 9.59 Å². The predicted molar refractivity (Wildman–Crippen MR) is 69.1 cm³/mol. The molecule has 0 saturated carbocycles. The number of rotatable bonds is 1. The van der Waals surface area contributed by atoms with E-state index < -0.39 is 11.8 Å². The summed E-state index contributed by atoms with van der Waals surface area (Å²) in [5.41, 5.74) is 0.642. The Bertz CT molecular complexity index is 412. The Kier molecular flexibility index (Phi) is 4.30. The zero-order valence-corrected chi connectivity index (χ0v) is 10.2. The third-order valence-electron chi connectivity index (χ3n) is 2.85. The maximum absolute atomic E-state index is 11.9. The molecule has 18 heavy (non-hydrogen) atoms. The van der Waals surface area contributed by atoms with Crippen LogP contribution in [0.2, 0.25) is 0 Å². The number of nitrogens with one attached hydrogen (secondary N) is 2. The van der Waals surface area contributed by atoms with Gasteiger partial charge in [-0.25, -0.2) is 0 Å². The van der Waals surface area contributed by atoms with Crippen LogP contribution in [-0.2, 0) is 9.59 Å². The van der Waals surface area contributed by atoms with Gasteiger partial charge in [0.15, 0.2) is 0 Å². The fourth-order valence-electron chi connectivity index (χ4n) is 1.90. The summed E-state index contributed by atoms with van der Waals surface area (Å²) in [6.45, 7) is 2.85.